The molecule has 2 aromatic carbocycles. The third-order valence-electron chi connectivity index (χ3n) is 4.38. The highest BCUT2D eigenvalue weighted by atomic mass is 32.2. The summed E-state index contributed by atoms with van der Waals surface area (Å²) in [5.74, 6) is 2.60. The van der Waals surface area contributed by atoms with Gasteiger partial charge in [-0.15, -0.1) is 10.2 Å². The molecule has 0 bridgehead atoms. The molecule has 0 unspecified atom stereocenters. The molecule has 4 rings (SSSR count). The summed E-state index contributed by atoms with van der Waals surface area (Å²) < 4.78 is 2.25. The van der Waals surface area contributed by atoms with E-state index in [1.54, 1.807) is 11.8 Å². The SMILES string of the molecule is Cc1ccc(CSc2nnc(C3CC3)n2-c2ccc(C)cc2)cc1. The molecular weight excluding hydrogens is 314 g/mol. The number of rotatable bonds is 5. The first-order chi connectivity index (χ1) is 11.7. The van der Waals surface area contributed by atoms with E-state index >= 15 is 0 Å². The van der Waals surface area contributed by atoms with Gasteiger partial charge in [0.05, 0.1) is 0 Å². The van der Waals surface area contributed by atoms with Crippen LogP contribution in [0.3, 0.4) is 0 Å². The van der Waals surface area contributed by atoms with Crippen molar-refractivity contribution in [1.82, 2.24) is 14.8 Å². The van der Waals surface area contributed by atoms with Gasteiger partial charge < -0.3 is 0 Å². The van der Waals surface area contributed by atoms with Crippen LogP contribution in [0.5, 0.6) is 0 Å². The maximum Gasteiger partial charge on any atom is 0.196 e. The van der Waals surface area contributed by atoms with Crippen LogP contribution in [0.25, 0.3) is 5.69 Å². The number of thioether (sulfide) groups is 1. The second-order valence-electron chi connectivity index (χ2n) is 6.56. The maximum absolute atomic E-state index is 4.50. The van der Waals surface area contributed by atoms with Gasteiger partial charge in [-0.3, -0.25) is 4.57 Å². The maximum atomic E-state index is 4.50. The van der Waals surface area contributed by atoms with Crippen LogP contribution in [0.4, 0.5) is 0 Å². The Morgan fingerprint density at radius 1 is 0.917 bits per heavy atom. The third-order valence-corrected chi connectivity index (χ3v) is 5.38. The molecule has 0 spiro atoms. The molecule has 1 heterocycles. The number of aryl methyl sites for hydroxylation is 2. The first-order valence-electron chi connectivity index (χ1n) is 8.41. The average molecular weight is 335 g/mol. The van der Waals surface area contributed by atoms with E-state index < -0.39 is 0 Å². The average Bonchev–Trinajstić information content (AvgIpc) is 3.35. The fourth-order valence-electron chi connectivity index (χ4n) is 2.75. The number of benzene rings is 2. The van der Waals surface area contributed by atoms with Crippen molar-refractivity contribution in [2.24, 2.45) is 0 Å². The van der Waals surface area contributed by atoms with Crippen molar-refractivity contribution in [1.29, 1.82) is 0 Å². The van der Waals surface area contributed by atoms with Crippen LogP contribution in [0.1, 0.15) is 41.3 Å². The molecule has 0 amide bonds. The molecule has 0 aliphatic heterocycles. The second-order valence-corrected chi connectivity index (χ2v) is 7.50. The monoisotopic (exact) mass is 335 g/mol. The zero-order chi connectivity index (χ0) is 16.5. The van der Waals surface area contributed by atoms with Crippen LogP contribution in [0.15, 0.2) is 53.7 Å². The summed E-state index contributed by atoms with van der Waals surface area (Å²) in [5.41, 5.74) is 5.05. The van der Waals surface area contributed by atoms with Gasteiger partial charge in [0.1, 0.15) is 5.82 Å². The van der Waals surface area contributed by atoms with E-state index in [4.69, 9.17) is 0 Å². The Hall–Kier alpha value is -2.07. The molecule has 1 aromatic heterocycles. The zero-order valence-electron chi connectivity index (χ0n) is 14.1. The van der Waals surface area contributed by atoms with Crippen LogP contribution in [0.2, 0.25) is 0 Å². The van der Waals surface area contributed by atoms with Gasteiger partial charge in [-0.2, -0.15) is 0 Å². The van der Waals surface area contributed by atoms with Gasteiger partial charge in [0.15, 0.2) is 5.16 Å². The summed E-state index contributed by atoms with van der Waals surface area (Å²) >= 11 is 1.76. The van der Waals surface area contributed by atoms with E-state index in [0.717, 1.165) is 16.7 Å². The molecule has 3 aromatic rings. The van der Waals surface area contributed by atoms with E-state index in [2.05, 4.69) is 77.1 Å². The topological polar surface area (TPSA) is 30.7 Å². The molecule has 122 valence electrons. The Morgan fingerprint density at radius 3 is 2.17 bits per heavy atom. The van der Waals surface area contributed by atoms with Gasteiger partial charge >= 0.3 is 0 Å². The summed E-state index contributed by atoms with van der Waals surface area (Å²) in [6.07, 6.45) is 2.46. The molecule has 4 heteroatoms. The Morgan fingerprint density at radius 2 is 1.54 bits per heavy atom. The van der Waals surface area contributed by atoms with Crippen molar-refractivity contribution in [3.05, 3.63) is 71.0 Å². The van der Waals surface area contributed by atoms with Gasteiger partial charge in [-0.25, -0.2) is 0 Å². The molecular formula is C20H21N3S. The van der Waals surface area contributed by atoms with Gasteiger partial charge in [-0.1, -0.05) is 59.3 Å². The minimum absolute atomic E-state index is 0.576. The Bertz CT molecular complexity index is 830. The fraction of sp³-hybridized carbons (Fsp3) is 0.300. The molecule has 0 saturated heterocycles. The predicted octanol–water partition coefficient (Wildman–Crippen LogP) is 5.05. The van der Waals surface area contributed by atoms with E-state index in [1.165, 1.54) is 35.2 Å². The fourth-order valence-corrected chi connectivity index (χ4v) is 3.66. The first kappa shape index (κ1) is 15.5. The predicted molar refractivity (Wildman–Crippen MR) is 98.8 cm³/mol. The summed E-state index contributed by atoms with van der Waals surface area (Å²) in [7, 11) is 0. The van der Waals surface area contributed by atoms with Crippen LogP contribution in [-0.4, -0.2) is 14.8 Å². The lowest BCUT2D eigenvalue weighted by atomic mass is 10.2. The second kappa shape index (κ2) is 6.44. The van der Waals surface area contributed by atoms with Gasteiger partial charge in [0.2, 0.25) is 0 Å². The highest BCUT2D eigenvalue weighted by Crippen LogP contribution is 2.41. The molecule has 24 heavy (non-hydrogen) atoms. The Balaban J connectivity index is 1.62. The largest absolute Gasteiger partial charge is 0.274 e. The first-order valence-corrected chi connectivity index (χ1v) is 9.40. The number of hydrogen-bond acceptors (Lipinski definition) is 3. The van der Waals surface area contributed by atoms with Crippen molar-refractivity contribution in [2.45, 2.75) is 43.5 Å². The van der Waals surface area contributed by atoms with Crippen LogP contribution in [-0.2, 0) is 5.75 Å². The highest BCUT2D eigenvalue weighted by molar-refractivity contribution is 7.98. The summed E-state index contributed by atoms with van der Waals surface area (Å²) in [5, 5.41) is 9.97. The molecule has 1 aliphatic carbocycles. The van der Waals surface area contributed by atoms with Gasteiger partial charge in [0.25, 0.3) is 0 Å². The van der Waals surface area contributed by atoms with E-state index in [1.807, 2.05) is 0 Å². The normalized spacial score (nSPS) is 14.1. The molecule has 0 radical (unpaired) electrons. The quantitative estimate of drug-likeness (QED) is 0.611. The molecule has 1 aliphatic rings. The van der Waals surface area contributed by atoms with Gasteiger partial charge in [0, 0.05) is 17.4 Å². The summed E-state index contributed by atoms with van der Waals surface area (Å²) in [4.78, 5) is 0. The molecule has 0 N–H and O–H groups in total. The smallest absolute Gasteiger partial charge is 0.196 e. The standard InChI is InChI=1S/C20H21N3S/c1-14-3-7-16(8-4-14)13-24-20-22-21-19(17-9-10-17)23(20)18-11-5-15(2)6-12-18/h3-8,11-12,17H,9-10,13H2,1-2H3. The Labute approximate surface area is 147 Å². The minimum Gasteiger partial charge on any atom is -0.274 e. The van der Waals surface area contributed by atoms with Crippen molar-refractivity contribution in [2.75, 3.05) is 0 Å². The number of aromatic nitrogens is 3. The van der Waals surface area contributed by atoms with Gasteiger partial charge in [-0.05, 0) is 44.4 Å². The van der Waals surface area contributed by atoms with Crippen molar-refractivity contribution < 1.29 is 0 Å². The minimum atomic E-state index is 0.576. The molecule has 0 atom stereocenters. The van der Waals surface area contributed by atoms with E-state index in [-0.39, 0.29) is 0 Å². The number of hydrogen-bond donors (Lipinski definition) is 0. The lowest BCUT2D eigenvalue weighted by Crippen LogP contribution is -2.01. The molecule has 1 saturated carbocycles. The van der Waals surface area contributed by atoms with Crippen molar-refractivity contribution in [3.63, 3.8) is 0 Å². The lowest BCUT2D eigenvalue weighted by molar-refractivity contribution is 0.829. The summed E-state index contributed by atoms with van der Waals surface area (Å²) in [6.45, 7) is 4.23. The summed E-state index contributed by atoms with van der Waals surface area (Å²) in [6, 6.07) is 17.3. The third kappa shape index (κ3) is 3.24. The molecule has 3 nitrogen and oxygen atoms in total. The highest BCUT2D eigenvalue weighted by Gasteiger charge is 2.31. The van der Waals surface area contributed by atoms with Crippen LogP contribution < -0.4 is 0 Å². The number of nitrogens with zero attached hydrogens (tertiary/aromatic N) is 3. The molecule has 1 fully saturated rings. The van der Waals surface area contributed by atoms with E-state index in [0.29, 0.717) is 5.92 Å². The van der Waals surface area contributed by atoms with Crippen LogP contribution >= 0.6 is 11.8 Å². The zero-order valence-corrected chi connectivity index (χ0v) is 14.9. The lowest BCUT2D eigenvalue weighted by Gasteiger charge is -2.10. The van der Waals surface area contributed by atoms with Crippen molar-refractivity contribution >= 4 is 11.8 Å². The van der Waals surface area contributed by atoms with Crippen LogP contribution in [0, 0.1) is 13.8 Å². The Kier molecular flexibility index (Phi) is 4.15. The van der Waals surface area contributed by atoms with E-state index in [9.17, 15) is 0 Å². The van der Waals surface area contributed by atoms with Crippen molar-refractivity contribution in [3.8, 4) is 5.69 Å².